The third-order valence-corrected chi connectivity index (χ3v) is 2.26. The van der Waals surface area contributed by atoms with Crippen LogP contribution in [0.3, 0.4) is 0 Å². The van der Waals surface area contributed by atoms with Crippen LogP contribution in [0.4, 0.5) is 4.39 Å². The molecule has 2 aromatic rings. The summed E-state index contributed by atoms with van der Waals surface area (Å²) in [7, 11) is 0. The minimum Gasteiger partial charge on any atom is -0.476 e. The Kier molecular flexibility index (Phi) is 3.38. The van der Waals surface area contributed by atoms with E-state index < -0.39 is 11.8 Å². The van der Waals surface area contributed by atoms with Gasteiger partial charge in [-0.1, -0.05) is 11.6 Å². The van der Waals surface area contributed by atoms with Crippen LogP contribution >= 0.6 is 11.6 Å². The predicted octanol–water partition coefficient (Wildman–Crippen LogP) is 2.76. The average Bonchev–Trinajstić information content (AvgIpc) is 2.33. The Morgan fingerprint density at radius 2 is 2.06 bits per heavy atom. The Hall–Kier alpha value is -2.21. The third kappa shape index (κ3) is 2.72. The van der Waals surface area contributed by atoms with Crippen molar-refractivity contribution < 1.29 is 19.0 Å². The summed E-state index contributed by atoms with van der Waals surface area (Å²) in [5.74, 6) is -1.41. The molecule has 0 atom stereocenters. The van der Waals surface area contributed by atoms with Crippen LogP contribution in [0.25, 0.3) is 0 Å². The largest absolute Gasteiger partial charge is 0.476 e. The molecule has 0 saturated carbocycles. The maximum atomic E-state index is 12.8. The smallest absolute Gasteiger partial charge is 0.356 e. The fourth-order valence-corrected chi connectivity index (χ4v) is 1.36. The first kappa shape index (κ1) is 12.3. The summed E-state index contributed by atoms with van der Waals surface area (Å²) < 4.78 is 18.0. The summed E-state index contributed by atoms with van der Waals surface area (Å²) in [6.07, 6.45) is 0. The minimum absolute atomic E-state index is 0.0634. The lowest BCUT2D eigenvalue weighted by atomic mass is 10.3. The van der Waals surface area contributed by atoms with Gasteiger partial charge in [0.2, 0.25) is 5.88 Å². The van der Waals surface area contributed by atoms with Gasteiger partial charge in [0.05, 0.1) is 5.02 Å². The molecule has 92 valence electrons. The van der Waals surface area contributed by atoms with Gasteiger partial charge >= 0.3 is 5.97 Å². The van der Waals surface area contributed by atoms with E-state index in [-0.39, 0.29) is 22.3 Å². The molecule has 0 amide bonds. The molecule has 0 aliphatic heterocycles. The highest BCUT2D eigenvalue weighted by Gasteiger charge is 2.08. The normalized spacial score (nSPS) is 10.1. The fraction of sp³-hybridized carbons (Fsp3) is 0. The van der Waals surface area contributed by atoms with Crippen molar-refractivity contribution in [1.29, 1.82) is 0 Å². The van der Waals surface area contributed by atoms with Crippen LogP contribution in [0.1, 0.15) is 10.5 Å². The van der Waals surface area contributed by atoms with Gasteiger partial charge in [0.15, 0.2) is 5.69 Å². The highest BCUT2D eigenvalue weighted by atomic mass is 35.5. The second-order valence-corrected chi connectivity index (χ2v) is 3.65. The van der Waals surface area contributed by atoms with Crippen LogP contribution < -0.4 is 4.74 Å². The van der Waals surface area contributed by atoms with Crippen molar-refractivity contribution in [3.05, 3.63) is 46.9 Å². The quantitative estimate of drug-likeness (QED) is 0.927. The molecule has 1 aromatic heterocycles. The van der Waals surface area contributed by atoms with Crippen molar-refractivity contribution in [2.75, 3.05) is 0 Å². The van der Waals surface area contributed by atoms with Gasteiger partial charge in [0.1, 0.15) is 11.6 Å². The van der Waals surface area contributed by atoms with Crippen LogP contribution in [0.5, 0.6) is 11.6 Å². The Balaban J connectivity index is 2.21. The standard InChI is InChI=1S/C11H6ClFN2O3/c12-7-5-6(13)1-3-9(7)18-10-4-2-8(11(16)17)14-15-10/h1-5H,(H,16,17). The first-order valence-electron chi connectivity index (χ1n) is 4.76. The summed E-state index contributed by atoms with van der Waals surface area (Å²) in [5, 5.41) is 15.7. The predicted molar refractivity (Wildman–Crippen MR) is 60.5 cm³/mol. The number of aromatic nitrogens is 2. The van der Waals surface area contributed by atoms with Crippen molar-refractivity contribution in [3.63, 3.8) is 0 Å². The van der Waals surface area contributed by atoms with E-state index >= 15 is 0 Å². The molecule has 7 heteroatoms. The topological polar surface area (TPSA) is 72.3 Å². The minimum atomic E-state index is -1.19. The molecule has 0 aliphatic carbocycles. The number of carboxylic acids is 1. The molecule has 0 bridgehead atoms. The number of hydrogen-bond acceptors (Lipinski definition) is 4. The SMILES string of the molecule is O=C(O)c1ccc(Oc2ccc(F)cc2Cl)nn1. The molecule has 18 heavy (non-hydrogen) atoms. The van der Waals surface area contributed by atoms with Gasteiger partial charge in [-0.2, -0.15) is 0 Å². The molecule has 1 heterocycles. The van der Waals surface area contributed by atoms with Crippen molar-refractivity contribution in [2.45, 2.75) is 0 Å². The molecule has 0 saturated heterocycles. The Morgan fingerprint density at radius 3 is 2.61 bits per heavy atom. The van der Waals surface area contributed by atoms with E-state index in [4.69, 9.17) is 21.4 Å². The maximum Gasteiger partial charge on any atom is 0.356 e. The van der Waals surface area contributed by atoms with Crippen molar-refractivity contribution in [1.82, 2.24) is 10.2 Å². The van der Waals surface area contributed by atoms with Gasteiger partial charge in [-0.15, -0.1) is 10.2 Å². The number of rotatable bonds is 3. The van der Waals surface area contributed by atoms with E-state index in [1.165, 1.54) is 24.3 Å². The Morgan fingerprint density at radius 1 is 1.28 bits per heavy atom. The van der Waals surface area contributed by atoms with Crippen molar-refractivity contribution in [3.8, 4) is 11.6 Å². The highest BCUT2D eigenvalue weighted by Crippen LogP contribution is 2.28. The molecule has 0 spiro atoms. The lowest BCUT2D eigenvalue weighted by Gasteiger charge is -2.05. The first-order valence-corrected chi connectivity index (χ1v) is 5.14. The van der Waals surface area contributed by atoms with Crippen LogP contribution in [-0.2, 0) is 0 Å². The number of benzene rings is 1. The number of hydrogen-bond donors (Lipinski definition) is 1. The van der Waals surface area contributed by atoms with E-state index in [0.717, 1.165) is 6.07 Å². The maximum absolute atomic E-state index is 12.8. The highest BCUT2D eigenvalue weighted by molar-refractivity contribution is 6.32. The van der Waals surface area contributed by atoms with Crippen molar-refractivity contribution >= 4 is 17.6 Å². The average molecular weight is 269 g/mol. The molecule has 0 unspecified atom stereocenters. The van der Waals surface area contributed by atoms with Gasteiger partial charge in [0.25, 0.3) is 0 Å². The third-order valence-electron chi connectivity index (χ3n) is 1.97. The summed E-state index contributed by atoms with van der Waals surface area (Å²) in [5.41, 5.74) is -0.201. The van der Waals surface area contributed by atoms with Gasteiger partial charge in [-0.3, -0.25) is 0 Å². The summed E-state index contributed by atoms with van der Waals surface area (Å²) in [6.45, 7) is 0. The summed E-state index contributed by atoms with van der Waals surface area (Å²) >= 11 is 5.75. The molecule has 0 radical (unpaired) electrons. The monoisotopic (exact) mass is 268 g/mol. The molecular formula is C11H6ClFN2O3. The van der Waals surface area contributed by atoms with E-state index in [1.807, 2.05) is 0 Å². The van der Waals surface area contributed by atoms with E-state index in [2.05, 4.69) is 10.2 Å². The van der Waals surface area contributed by atoms with E-state index in [0.29, 0.717) is 0 Å². The number of carboxylic acid groups (broad SMARTS) is 1. The molecule has 1 aromatic carbocycles. The molecule has 2 rings (SSSR count). The van der Waals surface area contributed by atoms with Crippen LogP contribution in [0.2, 0.25) is 5.02 Å². The lowest BCUT2D eigenvalue weighted by molar-refractivity contribution is 0.0689. The summed E-state index contributed by atoms with van der Waals surface area (Å²) in [4.78, 5) is 10.6. The van der Waals surface area contributed by atoms with Gasteiger partial charge in [-0.05, 0) is 24.3 Å². The zero-order chi connectivity index (χ0) is 13.1. The van der Waals surface area contributed by atoms with E-state index in [1.54, 1.807) is 0 Å². The number of carbonyl (C=O) groups is 1. The lowest BCUT2D eigenvalue weighted by Crippen LogP contribution is -2.02. The molecule has 1 N–H and O–H groups in total. The van der Waals surface area contributed by atoms with Gasteiger partial charge in [0, 0.05) is 6.07 Å². The fourth-order valence-electron chi connectivity index (χ4n) is 1.16. The van der Waals surface area contributed by atoms with Gasteiger partial charge in [-0.25, -0.2) is 9.18 Å². The van der Waals surface area contributed by atoms with Crippen LogP contribution in [0.15, 0.2) is 30.3 Å². The van der Waals surface area contributed by atoms with Gasteiger partial charge < -0.3 is 9.84 Å². The van der Waals surface area contributed by atoms with E-state index in [9.17, 15) is 9.18 Å². The first-order chi connectivity index (χ1) is 8.56. The van der Waals surface area contributed by atoms with Crippen molar-refractivity contribution in [2.24, 2.45) is 0 Å². The zero-order valence-electron chi connectivity index (χ0n) is 8.80. The second-order valence-electron chi connectivity index (χ2n) is 3.24. The Labute approximate surface area is 106 Å². The molecule has 0 fully saturated rings. The molecular weight excluding hydrogens is 263 g/mol. The Bertz CT molecular complexity index is 589. The van der Waals surface area contributed by atoms with Crippen LogP contribution in [0, 0.1) is 5.82 Å². The number of halogens is 2. The zero-order valence-corrected chi connectivity index (χ0v) is 9.56. The number of aromatic carboxylic acids is 1. The van der Waals surface area contributed by atoms with Crippen LogP contribution in [-0.4, -0.2) is 21.3 Å². The number of ether oxygens (including phenoxy) is 1. The molecule has 5 nitrogen and oxygen atoms in total. The second kappa shape index (κ2) is 4.97. The number of nitrogens with zero attached hydrogens (tertiary/aromatic N) is 2. The summed E-state index contributed by atoms with van der Waals surface area (Å²) in [6, 6.07) is 6.18. The molecule has 0 aliphatic rings.